The SMILES string of the molecule is C[C@H](Oc1ccc2c3c(c(=O)oc2c1)CCCC3)C(=O)NCC(=O)N1CC[C@]2(O)CCCC[C@@H]2C1. The molecule has 8 nitrogen and oxygen atoms in total. The van der Waals surface area contributed by atoms with Crippen molar-refractivity contribution in [3.63, 3.8) is 0 Å². The highest BCUT2D eigenvalue weighted by Crippen LogP contribution is 2.39. The van der Waals surface area contributed by atoms with Crippen LogP contribution in [0.25, 0.3) is 11.0 Å². The lowest BCUT2D eigenvalue weighted by Crippen LogP contribution is -2.56. The fourth-order valence-electron chi connectivity index (χ4n) is 5.97. The van der Waals surface area contributed by atoms with Crippen molar-refractivity contribution in [2.24, 2.45) is 5.92 Å². The molecule has 0 radical (unpaired) electrons. The van der Waals surface area contributed by atoms with Gasteiger partial charge in [-0.05, 0) is 69.6 Å². The molecule has 1 aromatic carbocycles. The molecule has 2 fully saturated rings. The molecular formula is C27H34N2O6. The molecule has 0 spiro atoms. The highest BCUT2D eigenvalue weighted by Gasteiger charge is 2.43. The summed E-state index contributed by atoms with van der Waals surface area (Å²) in [5, 5.41) is 14.4. The van der Waals surface area contributed by atoms with Gasteiger partial charge in [0.2, 0.25) is 5.91 Å². The van der Waals surface area contributed by atoms with Crippen LogP contribution in [0.1, 0.15) is 63.0 Å². The lowest BCUT2D eigenvalue weighted by molar-refractivity contribution is -0.144. The third-order valence-electron chi connectivity index (χ3n) is 8.07. The summed E-state index contributed by atoms with van der Waals surface area (Å²) in [6.45, 7) is 2.58. The van der Waals surface area contributed by atoms with Crippen LogP contribution >= 0.6 is 0 Å². The Morgan fingerprint density at radius 2 is 2.00 bits per heavy atom. The number of rotatable bonds is 5. The Morgan fingerprint density at radius 1 is 1.20 bits per heavy atom. The van der Waals surface area contributed by atoms with E-state index in [1.54, 1.807) is 24.0 Å². The Labute approximate surface area is 204 Å². The number of benzene rings is 1. The van der Waals surface area contributed by atoms with Gasteiger partial charge in [0.05, 0.1) is 12.1 Å². The number of carbonyl (C=O) groups excluding carboxylic acids is 2. The second-order valence-electron chi connectivity index (χ2n) is 10.3. The topological polar surface area (TPSA) is 109 Å². The predicted octanol–water partition coefficient (Wildman–Crippen LogP) is 2.71. The van der Waals surface area contributed by atoms with Crippen LogP contribution in [0.4, 0.5) is 0 Å². The lowest BCUT2D eigenvalue weighted by atomic mass is 9.71. The molecule has 2 aliphatic carbocycles. The molecule has 2 amide bonds. The van der Waals surface area contributed by atoms with E-state index in [1.807, 2.05) is 6.07 Å². The van der Waals surface area contributed by atoms with Crippen LogP contribution in [-0.4, -0.2) is 53.2 Å². The number of aliphatic hydroxyl groups is 1. The number of ether oxygens (including phenoxy) is 1. The quantitative estimate of drug-likeness (QED) is 0.635. The first kappa shape index (κ1) is 23.9. The number of likely N-dealkylation sites (tertiary alicyclic amines) is 1. The van der Waals surface area contributed by atoms with E-state index in [0.29, 0.717) is 30.8 Å². The summed E-state index contributed by atoms with van der Waals surface area (Å²) in [7, 11) is 0. The van der Waals surface area contributed by atoms with Gasteiger partial charge in [0, 0.05) is 36.0 Å². The van der Waals surface area contributed by atoms with Gasteiger partial charge in [-0.15, -0.1) is 0 Å². The molecule has 2 aromatic rings. The molecule has 35 heavy (non-hydrogen) atoms. The van der Waals surface area contributed by atoms with Crippen molar-refractivity contribution in [3.8, 4) is 5.75 Å². The van der Waals surface area contributed by atoms with Crippen molar-refractivity contribution < 1.29 is 23.8 Å². The van der Waals surface area contributed by atoms with Crippen LogP contribution in [-0.2, 0) is 22.4 Å². The Hall–Kier alpha value is -2.87. The largest absolute Gasteiger partial charge is 0.481 e. The molecule has 5 rings (SSSR count). The number of amides is 2. The van der Waals surface area contributed by atoms with Crippen molar-refractivity contribution in [2.45, 2.75) is 76.4 Å². The number of hydrogen-bond donors (Lipinski definition) is 2. The Balaban J connectivity index is 1.17. The number of nitrogens with one attached hydrogen (secondary N) is 1. The molecule has 1 saturated heterocycles. The highest BCUT2D eigenvalue weighted by molar-refractivity contribution is 5.87. The Bertz CT molecular complexity index is 1190. The van der Waals surface area contributed by atoms with E-state index in [9.17, 15) is 19.5 Å². The van der Waals surface area contributed by atoms with Crippen LogP contribution in [0.15, 0.2) is 27.4 Å². The van der Waals surface area contributed by atoms with Crippen molar-refractivity contribution >= 4 is 22.8 Å². The molecule has 1 aromatic heterocycles. The first-order valence-corrected chi connectivity index (χ1v) is 12.9. The minimum absolute atomic E-state index is 0.101. The monoisotopic (exact) mass is 482 g/mol. The van der Waals surface area contributed by atoms with E-state index in [2.05, 4.69) is 5.32 Å². The number of nitrogens with zero attached hydrogens (tertiary/aromatic N) is 1. The molecule has 2 N–H and O–H groups in total. The number of carbonyl (C=O) groups is 2. The van der Waals surface area contributed by atoms with Gasteiger partial charge < -0.3 is 24.5 Å². The molecule has 3 aliphatic rings. The zero-order valence-corrected chi connectivity index (χ0v) is 20.3. The summed E-state index contributed by atoms with van der Waals surface area (Å²) in [6, 6.07) is 5.32. The summed E-state index contributed by atoms with van der Waals surface area (Å²) >= 11 is 0. The molecule has 0 bridgehead atoms. The highest BCUT2D eigenvalue weighted by atomic mass is 16.5. The van der Waals surface area contributed by atoms with Crippen LogP contribution < -0.4 is 15.7 Å². The molecule has 188 valence electrons. The zero-order chi connectivity index (χ0) is 24.6. The number of piperidine rings is 1. The molecular weight excluding hydrogens is 448 g/mol. The third kappa shape index (κ3) is 4.81. The van der Waals surface area contributed by atoms with Crippen LogP contribution in [0.3, 0.4) is 0 Å². The number of fused-ring (bicyclic) bond motifs is 4. The second kappa shape index (κ2) is 9.64. The van der Waals surface area contributed by atoms with E-state index in [1.165, 1.54) is 0 Å². The number of aryl methyl sites for hydroxylation is 1. The molecule has 1 aliphatic heterocycles. The number of hydrogen-bond acceptors (Lipinski definition) is 6. The lowest BCUT2D eigenvalue weighted by Gasteiger charge is -2.47. The van der Waals surface area contributed by atoms with Crippen LogP contribution in [0, 0.1) is 5.92 Å². The van der Waals surface area contributed by atoms with Gasteiger partial charge in [-0.3, -0.25) is 9.59 Å². The van der Waals surface area contributed by atoms with Gasteiger partial charge in [-0.25, -0.2) is 4.79 Å². The Morgan fingerprint density at radius 3 is 2.83 bits per heavy atom. The van der Waals surface area contributed by atoms with Crippen molar-refractivity contribution in [3.05, 3.63) is 39.7 Å². The predicted molar refractivity (Wildman–Crippen MR) is 130 cm³/mol. The minimum Gasteiger partial charge on any atom is -0.481 e. The summed E-state index contributed by atoms with van der Waals surface area (Å²) < 4.78 is 11.3. The van der Waals surface area contributed by atoms with Crippen molar-refractivity contribution in [1.82, 2.24) is 10.2 Å². The first-order chi connectivity index (χ1) is 16.8. The maximum Gasteiger partial charge on any atom is 0.339 e. The minimum atomic E-state index is -0.825. The van der Waals surface area contributed by atoms with E-state index in [-0.39, 0.29) is 24.0 Å². The smallest absolute Gasteiger partial charge is 0.339 e. The van der Waals surface area contributed by atoms with Crippen molar-refractivity contribution in [2.75, 3.05) is 19.6 Å². The average molecular weight is 483 g/mol. The van der Waals surface area contributed by atoms with Gasteiger partial charge in [0.15, 0.2) is 6.10 Å². The normalized spacial score (nSPS) is 24.9. The van der Waals surface area contributed by atoms with Gasteiger partial charge in [-0.1, -0.05) is 12.8 Å². The summed E-state index contributed by atoms with van der Waals surface area (Å²) in [4.78, 5) is 39.4. The van der Waals surface area contributed by atoms with Gasteiger partial charge in [0.1, 0.15) is 11.3 Å². The van der Waals surface area contributed by atoms with E-state index >= 15 is 0 Å². The van der Waals surface area contributed by atoms with E-state index in [0.717, 1.165) is 67.9 Å². The summed E-state index contributed by atoms with van der Waals surface area (Å²) in [5.41, 5.74) is 1.36. The van der Waals surface area contributed by atoms with Gasteiger partial charge >= 0.3 is 5.63 Å². The summed E-state index contributed by atoms with van der Waals surface area (Å²) in [6.07, 6.45) is 7.31. The van der Waals surface area contributed by atoms with E-state index in [4.69, 9.17) is 9.15 Å². The van der Waals surface area contributed by atoms with Crippen molar-refractivity contribution in [1.29, 1.82) is 0 Å². The first-order valence-electron chi connectivity index (χ1n) is 12.9. The second-order valence-corrected chi connectivity index (χ2v) is 10.3. The third-order valence-corrected chi connectivity index (χ3v) is 8.07. The molecule has 8 heteroatoms. The zero-order valence-electron chi connectivity index (χ0n) is 20.3. The molecule has 1 saturated carbocycles. The average Bonchev–Trinajstić information content (AvgIpc) is 2.86. The standard InChI is InChI=1S/C27H34N2O6/c1-17(25(31)28-15-24(30)29-13-12-27(33)11-5-4-6-18(27)16-29)34-19-9-10-21-20-7-2-3-8-22(20)26(32)35-23(21)14-19/h9-10,14,17-18,33H,2-8,11-13,15-16H2,1H3,(H,28,31)/t17-,18+,27+/m0/s1. The van der Waals surface area contributed by atoms with Gasteiger partial charge in [0.25, 0.3) is 5.91 Å². The fourth-order valence-corrected chi connectivity index (χ4v) is 5.97. The molecule has 0 unspecified atom stereocenters. The van der Waals surface area contributed by atoms with Crippen LogP contribution in [0.2, 0.25) is 0 Å². The maximum atomic E-state index is 12.7. The van der Waals surface area contributed by atoms with Gasteiger partial charge in [-0.2, -0.15) is 0 Å². The summed E-state index contributed by atoms with van der Waals surface area (Å²) in [5.74, 6) is 0.00965. The van der Waals surface area contributed by atoms with Crippen LogP contribution in [0.5, 0.6) is 5.75 Å². The van der Waals surface area contributed by atoms with E-state index < -0.39 is 17.6 Å². The molecule has 3 atom stereocenters. The maximum absolute atomic E-state index is 12.7. The Kier molecular flexibility index (Phi) is 6.57. The molecule has 2 heterocycles. The fraction of sp³-hybridized carbons (Fsp3) is 0.593.